The number of thioether (sulfide) groups is 1. The minimum Gasteiger partial charge on any atom is -0.328 e. The third kappa shape index (κ3) is 4.03. The molecule has 1 aliphatic heterocycles. The van der Waals surface area contributed by atoms with E-state index in [-0.39, 0.29) is 17.5 Å². The van der Waals surface area contributed by atoms with Crippen LogP contribution in [0.2, 0.25) is 0 Å². The van der Waals surface area contributed by atoms with Crippen LogP contribution in [-0.4, -0.2) is 32.1 Å². The van der Waals surface area contributed by atoms with Crippen LogP contribution in [0.5, 0.6) is 0 Å². The van der Waals surface area contributed by atoms with Crippen molar-refractivity contribution in [2.45, 2.75) is 29.8 Å². The zero-order chi connectivity index (χ0) is 20.4. The van der Waals surface area contributed by atoms with Crippen LogP contribution >= 0.6 is 11.8 Å². The van der Waals surface area contributed by atoms with Gasteiger partial charge in [0.1, 0.15) is 0 Å². The van der Waals surface area contributed by atoms with Gasteiger partial charge in [0.15, 0.2) is 22.6 Å². The minimum atomic E-state index is -1.02. The normalized spacial score (nSPS) is 16.4. The Morgan fingerprint density at radius 2 is 1.93 bits per heavy atom. The highest BCUT2D eigenvalue weighted by atomic mass is 32.2. The van der Waals surface area contributed by atoms with Gasteiger partial charge in [0.05, 0.1) is 6.04 Å². The zero-order valence-electron chi connectivity index (χ0n) is 15.9. The smallest absolute Gasteiger partial charge is 0.254 e. The molecule has 29 heavy (non-hydrogen) atoms. The minimum absolute atomic E-state index is 0.136. The average molecular weight is 414 g/mol. The van der Waals surface area contributed by atoms with Crippen LogP contribution in [-0.2, 0) is 12.8 Å². The molecule has 8 heteroatoms. The van der Waals surface area contributed by atoms with Gasteiger partial charge in [0.2, 0.25) is 0 Å². The zero-order valence-corrected chi connectivity index (χ0v) is 16.7. The van der Waals surface area contributed by atoms with Crippen LogP contribution in [0, 0.1) is 11.6 Å². The van der Waals surface area contributed by atoms with Gasteiger partial charge in [0.25, 0.3) is 5.91 Å². The number of hydrogen-bond acceptors (Lipinski definition) is 4. The van der Waals surface area contributed by atoms with Crippen molar-refractivity contribution >= 4 is 17.7 Å². The molecule has 0 N–H and O–H groups in total. The second-order valence-corrected chi connectivity index (χ2v) is 7.90. The lowest BCUT2D eigenvalue weighted by Crippen LogP contribution is -2.32. The first kappa shape index (κ1) is 19.6. The van der Waals surface area contributed by atoms with Crippen molar-refractivity contribution in [3.8, 4) is 0 Å². The molecule has 0 bridgehead atoms. The Morgan fingerprint density at radius 3 is 2.69 bits per heavy atom. The molecule has 1 aromatic heterocycles. The van der Waals surface area contributed by atoms with E-state index < -0.39 is 11.6 Å². The predicted octanol–water partition coefficient (Wildman–Crippen LogP) is 4.36. The molecule has 1 fully saturated rings. The Balaban J connectivity index is 1.52. The molecule has 2 aromatic carbocycles. The maximum atomic E-state index is 13.6. The summed E-state index contributed by atoms with van der Waals surface area (Å²) in [5.41, 5.74) is 1.33. The SMILES string of the molecule is Cn1c(SCc2ccccc2)nnc1C1CCCN1C(=O)c1ccc(F)c(F)c1. The average Bonchev–Trinajstić information content (AvgIpc) is 3.35. The van der Waals surface area contributed by atoms with E-state index in [1.807, 2.05) is 29.8 Å². The first-order chi connectivity index (χ1) is 14.0. The number of aromatic nitrogens is 3. The lowest BCUT2D eigenvalue weighted by atomic mass is 10.1. The number of likely N-dealkylation sites (tertiary alicyclic amines) is 1. The van der Waals surface area contributed by atoms with E-state index >= 15 is 0 Å². The molecule has 1 aliphatic rings. The molecule has 2 heterocycles. The third-order valence-corrected chi connectivity index (χ3v) is 6.15. The summed E-state index contributed by atoms with van der Waals surface area (Å²) < 4.78 is 28.7. The summed E-state index contributed by atoms with van der Waals surface area (Å²) in [6.07, 6.45) is 1.57. The summed E-state index contributed by atoms with van der Waals surface area (Å²) in [6.45, 7) is 0.543. The third-order valence-electron chi connectivity index (χ3n) is 5.06. The Kier molecular flexibility index (Phi) is 5.62. The molecule has 0 spiro atoms. The predicted molar refractivity (Wildman–Crippen MR) is 106 cm³/mol. The maximum absolute atomic E-state index is 13.6. The van der Waals surface area contributed by atoms with E-state index in [0.29, 0.717) is 12.4 Å². The van der Waals surface area contributed by atoms with Crippen LogP contribution in [0.3, 0.4) is 0 Å². The highest BCUT2D eigenvalue weighted by Crippen LogP contribution is 2.34. The van der Waals surface area contributed by atoms with Crippen molar-refractivity contribution in [3.63, 3.8) is 0 Å². The summed E-state index contributed by atoms with van der Waals surface area (Å²) in [6, 6.07) is 13.1. The van der Waals surface area contributed by atoms with Crippen LogP contribution in [0.4, 0.5) is 8.78 Å². The van der Waals surface area contributed by atoms with E-state index in [4.69, 9.17) is 0 Å². The largest absolute Gasteiger partial charge is 0.328 e. The summed E-state index contributed by atoms with van der Waals surface area (Å²) in [5, 5.41) is 9.40. The van der Waals surface area contributed by atoms with E-state index in [9.17, 15) is 13.6 Å². The highest BCUT2D eigenvalue weighted by Gasteiger charge is 2.34. The maximum Gasteiger partial charge on any atom is 0.254 e. The van der Waals surface area contributed by atoms with Gasteiger partial charge in [0, 0.05) is 24.9 Å². The molecule has 3 aromatic rings. The lowest BCUT2D eigenvalue weighted by Gasteiger charge is -2.24. The van der Waals surface area contributed by atoms with Gasteiger partial charge in [-0.2, -0.15) is 0 Å². The number of rotatable bonds is 5. The van der Waals surface area contributed by atoms with E-state index in [1.54, 1.807) is 16.7 Å². The van der Waals surface area contributed by atoms with Gasteiger partial charge in [-0.1, -0.05) is 42.1 Å². The molecule has 1 saturated heterocycles. The molecule has 1 unspecified atom stereocenters. The van der Waals surface area contributed by atoms with Crippen LogP contribution < -0.4 is 0 Å². The number of carbonyl (C=O) groups is 1. The number of hydrogen-bond donors (Lipinski definition) is 0. The number of benzene rings is 2. The molecule has 5 nitrogen and oxygen atoms in total. The molecular formula is C21H20F2N4OS. The Labute approximate surface area is 171 Å². The molecule has 1 amide bonds. The lowest BCUT2D eigenvalue weighted by molar-refractivity contribution is 0.0727. The molecule has 4 rings (SSSR count). The van der Waals surface area contributed by atoms with Gasteiger partial charge in [-0.3, -0.25) is 4.79 Å². The topological polar surface area (TPSA) is 51.0 Å². The van der Waals surface area contributed by atoms with Crippen molar-refractivity contribution in [2.24, 2.45) is 7.05 Å². The summed E-state index contributed by atoms with van der Waals surface area (Å²) in [7, 11) is 1.89. The number of amides is 1. The Morgan fingerprint density at radius 1 is 1.14 bits per heavy atom. The number of halogens is 2. The van der Waals surface area contributed by atoms with Gasteiger partial charge in [-0.05, 0) is 36.6 Å². The number of carbonyl (C=O) groups excluding carboxylic acids is 1. The number of nitrogens with zero attached hydrogens (tertiary/aromatic N) is 4. The quantitative estimate of drug-likeness (QED) is 0.582. The van der Waals surface area contributed by atoms with Crippen LogP contribution in [0.25, 0.3) is 0 Å². The first-order valence-electron chi connectivity index (χ1n) is 9.36. The second-order valence-electron chi connectivity index (χ2n) is 6.96. The molecule has 1 atom stereocenters. The molecule has 0 radical (unpaired) electrons. The van der Waals surface area contributed by atoms with Crippen molar-refractivity contribution in [1.29, 1.82) is 0 Å². The van der Waals surface area contributed by atoms with E-state index in [0.717, 1.165) is 35.9 Å². The molecule has 150 valence electrons. The van der Waals surface area contributed by atoms with Gasteiger partial charge in [-0.15, -0.1) is 10.2 Å². The van der Waals surface area contributed by atoms with Crippen molar-refractivity contribution in [2.75, 3.05) is 6.54 Å². The summed E-state index contributed by atoms with van der Waals surface area (Å²) >= 11 is 1.58. The summed E-state index contributed by atoms with van der Waals surface area (Å²) in [5.74, 6) is -0.839. The van der Waals surface area contributed by atoms with Crippen LogP contribution in [0.15, 0.2) is 53.7 Å². The molecule has 0 saturated carbocycles. The fourth-order valence-electron chi connectivity index (χ4n) is 3.54. The van der Waals surface area contributed by atoms with Gasteiger partial charge >= 0.3 is 0 Å². The Hall–Kier alpha value is -2.74. The molecular weight excluding hydrogens is 394 g/mol. The van der Waals surface area contributed by atoms with Gasteiger partial charge < -0.3 is 9.47 Å². The van der Waals surface area contributed by atoms with Crippen molar-refractivity contribution in [1.82, 2.24) is 19.7 Å². The first-order valence-corrected chi connectivity index (χ1v) is 10.3. The van der Waals surface area contributed by atoms with Crippen LogP contribution in [0.1, 0.15) is 40.6 Å². The van der Waals surface area contributed by atoms with Crippen molar-refractivity contribution in [3.05, 3.63) is 77.1 Å². The monoisotopic (exact) mass is 414 g/mol. The van der Waals surface area contributed by atoms with Crippen molar-refractivity contribution < 1.29 is 13.6 Å². The fraction of sp³-hybridized carbons (Fsp3) is 0.286. The Bertz CT molecular complexity index is 1020. The fourth-order valence-corrected chi connectivity index (χ4v) is 4.41. The van der Waals surface area contributed by atoms with E-state index in [1.165, 1.54) is 11.6 Å². The summed E-state index contributed by atoms with van der Waals surface area (Å²) in [4.78, 5) is 14.6. The standard InChI is InChI=1S/C21H20F2N4OS/c1-26-19(24-25-21(26)29-13-14-6-3-2-4-7-14)18-8-5-11-27(18)20(28)15-9-10-16(22)17(23)12-15/h2-4,6-7,9-10,12,18H,5,8,11,13H2,1H3. The second kappa shape index (κ2) is 8.32. The van der Waals surface area contributed by atoms with Gasteiger partial charge in [-0.25, -0.2) is 8.78 Å². The molecule has 0 aliphatic carbocycles. The van der Waals surface area contributed by atoms with E-state index in [2.05, 4.69) is 22.3 Å². The highest BCUT2D eigenvalue weighted by molar-refractivity contribution is 7.98.